The Morgan fingerprint density at radius 1 is 1.21 bits per heavy atom. The van der Waals surface area contributed by atoms with E-state index in [1.807, 2.05) is 0 Å². The predicted molar refractivity (Wildman–Crippen MR) is 62.7 cm³/mol. The molecular weight excluding hydrogens is 263 g/mol. The summed E-state index contributed by atoms with van der Waals surface area (Å²) in [6.07, 6.45) is -5.33. The Bertz CT molecular complexity index is 394. The Labute approximate surface area is 109 Å². The second kappa shape index (κ2) is 6.74. The third-order valence-electron chi connectivity index (χ3n) is 2.59. The molecule has 0 saturated carbocycles. The van der Waals surface area contributed by atoms with E-state index >= 15 is 0 Å². The number of rotatable bonds is 6. The standard InChI is InChI=1S/C12H16F3NO3/c1-18-10(19-2)7-16-11(12(13,14)15)8-5-3-4-6-9(8)17/h3-6,10-11,16-17H,7H2,1-2H3. The molecule has 0 saturated heterocycles. The zero-order chi connectivity index (χ0) is 14.5. The van der Waals surface area contributed by atoms with Crippen LogP contribution in [-0.2, 0) is 9.47 Å². The largest absolute Gasteiger partial charge is 0.508 e. The zero-order valence-electron chi connectivity index (χ0n) is 10.6. The SMILES string of the molecule is COC(CNC(c1ccccc1O)C(F)(F)F)OC. The van der Waals surface area contributed by atoms with Crippen molar-refractivity contribution in [1.82, 2.24) is 5.32 Å². The fourth-order valence-electron chi connectivity index (χ4n) is 1.61. The molecule has 0 bridgehead atoms. The Balaban J connectivity index is 2.88. The van der Waals surface area contributed by atoms with E-state index in [1.165, 1.54) is 38.5 Å². The van der Waals surface area contributed by atoms with Crippen LogP contribution in [0.15, 0.2) is 24.3 Å². The van der Waals surface area contributed by atoms with Crippen LogP contribution in [-0.4, -0.2) is 38.3 Å². The predicted octanol–water partition coefficient (Wildman–Crippen LogP) is 2.20. The highest BCUT2D eigenvalue weighted by Gasteiger charge is 2.42. The lowest BCUT2D eigenvalue weighted by Gasteiger charge is -2.24. The molecule has 0 heterocycles. The van der Waals surface area contributed by atoms with E-state index in [0.29, 0.717) is 0 Å². The molecule has 4 nitrogen and oxygen atoms in total. The lowest BCUT2D eigenvalue weighted by atomic mass is 10.1. The molecule has 0 aliphatic heterocycles. The number of aromatic hydroxyl groups is 1. The Hall–Kier alpha value is -1.31. The van der Waals surface area contributed by atoms with Crippen molar-refractivity contribution in [3.8, 4) is 5.75 Å². The minimum Gasteiger partial charge on any atom is -0.508 e. The number of ether oxygens (including phenoxy) is 2. The van der Waals surface area contributed by atoms with Gasteiger partial charge in [-0.05, 0) is 6.07 Å². The number of halogens is 3. The number of alkyl halides is 3. The lowest BCUT2D eigenvalue weighted by molar-refractivity contribution is -0.165. The van der Waals surface area contributed by atoms with E-state index in [2.05, 4.69) is 5.32 Å². The first-order valence-electron chi connectivity index (χ1n) is 5.53. The van der Waals surface area contributed by atoms with E-state index < -0.39 is 24.3 Å². The van der Waals surface area contributed by atoms with Crippen molar-refractivity contribution in [2.75, 3.05) is 20.8 Å². The van der Waals surface area contributed by atoms with Crippen LogP contribution in [0.1, 0.15) is 11.6 Å². The molecule has 0 radical (unpaired) electrons. The minimum atomic E-state index is -4.54. The average Bonchev–Trinajstić information content (AvgIpc) is 2.35. The summed E-state index contributed by atoms with van der Waals surface area (Å²) in [5.74, 6) is -0.413. The van der Waals surface area contributed by atoms with Gasteiger partial charge in [-0.3, -0.25) is 5.32 Å². The molecule has 2 N–H and O–H groups in total. The molecule has 0 aliphatic carbocycles. The second-order valence-corrected chi connectivity index (χ2v) is 3.84. The monoisotopic (exact) mass is 279 g/mol. The van der Waals surface area contributed by atoms with Crippen LogP contribution in [0.5, 0.6) is 5.75 Å². The maximum absolute atomic E-state index is 13.0. The molecule has 0 aliphatic rings. The van der Waals surface area contributed by atoms with Crippen molar-refractivity contribution in [3.63, 3.8) is 0 Å². The summed E-state index contributed by atoms with van der Waals surface area (Å²) in [5.41, 5.74) is -0.235. The lowest BCUT2D eigenvalue weighted by Crippen LogP contribution is -2.39. The normalized spacial score (nSPS) is 13.8. The number of methoxy groups -OCH3 is 2. The van der Waals surface area contributed by atoms with Gasteiger partial charge in [0.15, 0.2) is 6.29 Å². The Morgan fingerprint density at radius 2 is 1.79 bits per heavy atom. The van der Waals surface area contributed by atoms with Crippen LogP contribution in [0, 0.1) is 0 Å². The highest BCUT2D eigenvalue weighted by molar-refractivity contribution is 5.35. The van der Waals surface area contributed by atoms with E-state index in [9.17, 15) is 18.3 Å². The average molecular weight is 279 g/mol. The van der Waals surface area contributed by atoms with Gasteiger partial charge >= 0.3 is 6.18 Å². The summed E-state index contributed by atoms with van der Waals surface area (Å²) in [6.45, 7) is -0.161. The van der Waals surface area contributed by atoms with Gasteiger partial charge in [0, 0.05) is 26.3 Å². The van der Waals surface area contributed by atoms with Crippen LogP contribution >= 0.6 is 0 Å². The van der Waals surface area contributed by atoms with E-state index in [-0.39, 0.29) is 12.1 Å². The summed E-state index contributed by atoms with van der Waals surface area (Å²) in [6, 6.07) is 3.33. The van der Waals surface area contributed by atoms with E-state index in [0.717, 1.165) is 0 Å². The minimum absolute atomic E-state index is 0.161. The van der Waals surface area contributed by atoms with E-state index in [4.69, 9.17) is 9.47 Å². The van der Waals surface area contributed by atoms with Gasteiger partial charge in [0.25, 0.3) is 0 Å². The first kappa shape index (κ1) is 15.7. The third-order valence-corrected chi connectivity index (χ3v) is 2.59. The van der Waals surface area contributed by atoms with Gasteiger partial charge in [0.05, 0.1) is 0 Å². The molecule has 108 valence electrons. The summed E-state index contributed by atoms with van der Waals surface area (Å²) in [7, 11) is 2.66. The van der Waals surface area contributed by atoms with Gasteiger partial charge in [-0.25, -0.2) is 0 Å². The highest BCUT2D eigenvalue weighted by Crippen LogP contribution is 2.36. The molecule has 1 unspecified atom stereocenters. The molecule has 1 aromatic carbocycles. The second-order valence-electron chi connectivity index (χ2n) is 3.84. The number of hydrogen-bond acceptors (Lipinski definition) is 4. The maximum Gasteiger partial charge on any atom is 0.408 e. The number of phenolic OH excluding ortho intramolecular Hbond substituents is 1. The highest BCUT2D eigenvalue weighted by atomic mass is 19.4. The van der Waals surface area contributed by atoms with Crippen LogP contribution in [0.25, 0.3) is 0 Å². The van der Waals surface area contributed by atoms with Crippen molar-refractivity contribution in [3.05, 3.63) is 29.8 Å². The van der Waals surface area contributed by atoms with E-state index in [1.54, 1.807) is 0 Å². The number of nitrogens with one attached hydrogen (secondary N) is 1. The molecule has 0 fully saturated rings. The molecule has 0 amide bonds. The molecule has 0 aromatic heterocycles. The first-order chi connectivity index (χ1) is 8.90. The van der Waals surface area contributed by atoms with Crippen LogP contribution in [0.4, 0.5) is 13.2 Å². The summed E-state index contributed by atoms with van der Waals surface area (Å²) < 4.78 is 48.6. The fraction of sp³-hybridized carbons (Fsp3) is 0.500. The van der Waals surface area contributed by atoms with Crippen molar-refractivity contribution >= 4 is 0 Å². The van der Waals surface area contributed by atoms with Crippen molar-refractivity contribution in [2.24, 2.45) is 0 Å². The molecule has 7 heteroatoms. The van der Waals surface area contributed by atoms with Crippen LogP contribution in [0.2, 0.25) is 0 Å². The van der Waals surface area contributed by atoms with Crippen molar-refractivity contribution < 1.29 is 27.8 Å². The van der Waals surface area contributed by atoms with Crippen LogP contribution < -0.4 is 5.32 Å². The maximum atomic E-state index is 13.0. The number of phenols is 1. The third kappa shape index (κ3) is 4.38. The number of para-hydroxylation sites is 1. The smallest absolute Gasteiger partial charge is 0.408 e. The van der Waals surface area contributed by atoms with Crippen LogP contribution in [0.3, 0.4) is 0 Å². The Kier molecular flexibility index (Phi) is 5.59. The van der Waals surface area contributed by atoms with Gasteiger partial charge in [-0.2, -0.15) is 13.2 Å². The van der Waals surface area contributed by atoms with Crippen molar-refractivity contribution in [1.29, 1.82) is 0 Å². The van der Waals surface area contributed by atoms with Gasteiger partial charge in [-0.1, -0.05) is 18.2 Å². The van der Waals surface area contributed by atoms with Gasteiger partial charge < -0.3 is 14.6 Å². The molecule has 19 heavy (non-hydrogen) atoms. The molecule has 0 spiro atoms. The topological polar surface area (TPSA) is 50.7 Å². The van der Waals surface area contributed by atoms with Gasteiger partial charge in [0.2, 0.25) is 0 Å². The quantitative estimate of drug-likeness (QED) is 0.784. The first-order valence-corrected chi connectivity index (χ1v) is 5.53. The van der Waals surface area contributed by atoms with Gasteiger partial charge in [-0.15, -0.1) is 0 Å². The molecule has 1 aromatic rings. The number of benzene rings is 1. The number of hydrogen-bond donors (Lipinski definition) is 2. The molecular formula is C12H16F3NO3. The summed E-state index contributed by atoms with van der Waals surface area (Å²) in [4.78, 5) is 0. The molecule has 1 atom stereocenters. The van der Waals surface area contributed by atoms with Crippen molar-refractivity contribution in [2.45, 2.75) is 18.5 Å². The molecule has 1 rings (SSSR count). The summed E-state index contributed by atoms with van der Waals surface area (Å²) in [5, 5.41) is 11.8. The zero-order valence-corrected chi connectivity index (χ0v) is 10.6. The van der Waals surface area contributed by atoms with Gasteiger partial charge in [0.1, 0.15) is 11.8 Å². The summed E-state index contributed by atoms with van der Waals surface area (Å²) >= 11 is 0. The Morgan fingerprint density at radius 3 is 2.26 bits per heavy atom. The fourth-order valence-corrected chi connectivity index (χ4v) is 1.61.